The highest BCUT2D eigenvalue weighted by molar-refractivity contribution is 5.82. The summed E-state index contributed by atoms with van der Waals surface area (Å²) in [6, 6.07) is 0.348. The standard InChI is InChI=1S/C11H21N3O2/c1-8(12)6-14-4-5-16-7-10(14)11(15)13-9-2-3-9/h8-10H,2-7,12H2,1H3,(H,13,15). The van der Waals surface area contributed by atoms with Crippen LogP contribution in [0.25, 0.3) is 0 Å². The highest BCUT2D eigenvalue weighted by atomic mass is 16.5. The molecule has 5 heteroatoms. The first kappa shape index (κ1) is 11.8. The Labute approximate surface area is 96.3 Å². The molecule has 0 aromatic carbocycles. The van der Waals surface area contributed by atoms with Crippen molar-refractivity contribution in [1.29, 1.82) is 0 Å². The maximum atomic E-state index is 12.0. The quantitative estimate of drug-likeness (QED) is 0.667. The molecule has 2 atom stereocenters. The number of hydrogen-bond donors (Lipinski definition) is 2. The number of nitrogens with zero attached hydrogens (tertiary/aromatic N) is 1. The largest absolute Gasteiger partial charge is 0.378 e. The predicted molar refractivity (Wildman–Crippen MR) is 61.0 cm³/mol. The van der Waals surface area contributed by atoms with Crippen LogP contribution in [0.2, 0.25) is 0 Å². The van der Waals surface area contributed by atoms with Crippen LogP contribution in [-0.4, -0.2) is 55.2 Å². The number of morpholine rings is 1. The summed E-state index contributed by atoms with van der Waals surface area (Å²) in [6.45, 7) is 4.70. The van der Waals surface area contributed by atoms with Crippen LogP contribution in [0.1, 0.15) is 19.8 Å². The summed E-state index contributed by atoms with van der Waals surface area (Å²) in [5.41, 5.74) is 5.79. The van der Waals surface area contributed by atoms with Gasteiger partial charge in [-0.25, -0.2) is 0 Å². The molecule has 16 heavy (non-hydrogen) atoms. The lowest BCUT2D eigenvalue weighted by Gasteiger charge is -2.35. The predicted octanol–water partition coefficient (Wildman–Crippen LogP) is -0.687. The van der Waals surface area contributed by atoms with E-state index in [2.05, 4.69) is 10.2 Å². The fraction of sp³-hybridized carbons (Fsp3) is 0.909. The second-order valence-corrected chi connectivity index (χ2v) is 4.85. The molecule has 1 aliphatic carbocycles. The molecule has 0 bridgehead atoms. The van der Waals surface area contributed by atoms with Crippen molar-refractivity contribution in [2.24, 2.45) is 5.73 Å². The summed E-state index contributed by atoms with van der Waals surface area (Å²) in [6.07, 6.45) is 2.24. The van der Waals surface area contributed by atoms with Crippen molar-refractivity contribution in [1.82, 2.24) is 10.2 Å². The number of hydrogen-bond acceptors (Lipinski definition) is 4. The molecule has 1 saturated carbocycles. The average Bonchev–Trinajstić information content (AvgIpc) is 3.01. The monoisotopic (exact) mass is 227 g/mol. The molecule has 0 aromatic heterocycles. The van der Waals surface area contributed by atoms with Crippen molar-refractivity contribution in [2.75, 3.05) is 26.3 Å². The maximum Gasteiger partial charge on any atom is 0.239 e. The van der Waals surface area contributed by atoms with Gasteiger partial charge in [-0.05, 0) is 19.8 Å². The molecule has 1 aliphatic heterocycles. The number of carbonyl (C=O) groups is 1. The van der Waals surface area contributed by atoms with Gasteiger partial charge < -0.3 is 15.8 Å². The van der Waals surface area contributed by atoms with Crippen LogP contribution < -0.4 is 11.1 Å². The van der Waals surface area contributed by atoms with Gasteiger partial charge in [0.05, 0.1) is 13.2 Å². The molecule has 0 aromatic rings. The summed E-state index contributed by atoms with van der Waals surface area (Å²) in [7, 11) is 0. The minimum absolute atomic E-state index is 0.0920. The van der Waals surface area contributed by atoms with Crippen molar-refractivity contribution in [3.05, 3.63) is 0 Å². The zero-order valence-electron chi connectivity index (χ0n) is 9.82. The van der Waals surface area contributed by atoms with Crippen molar-refractivity contribution in [3.63, 3.8) is 0 Å². The van der Waals surface area contributed by atoms with E-state index in [1.807, 2.05) is 6.92 Å². The van der Waals surface area contributed by atoms with E-state index in [4.69, 9.17) is 10.5 Å². The van der Waals surface area contributed by atoms with E-state index < -0.39 is 0 Å². The molecule has 2 unspecified atom stereocenters. The van der Waals surface area contributed by atoms with Gasteiger partial charge in [-0.3, -0.25) is 9.69 Å². The third-order valence-electron chi connectivity index (χ3n) is 2.99. The second-order valence-electron chi connectivity index (χ2n) is 4.85. The van der Waals surface area contributed by atoms with Gasteiger partial charge >= 0.3 is 0 Å². The van der Waals surface area contributed by atoms with E-state index in [1.165, 1.54) is 0 Å². The summed E-state index contributed by atoms with van der Waals surface area (Å²) in [5.74, 6) is 0.0999. The van der Waals surface area contributed by atoms with Gasteiger partial charge in [-0.15, -0.1) is 0 Å². The van der Waals surface area contributed by atoms with Crippen LogP contribution in [0.15, 0.2) is 0 Å². The molecule has 1 saturated heterocycles. The molecular weight excluding hydrogens is 206 g/mol. The number of nitrogens with two attached hydrogens (primary N) is 1. The van der Waals surface area contributed by atoms with Crippen LogP contribution >= 0.6 is 0 Å². The molecule has 0 spiro atoms. The van der Waals surface area contributed by atoms with Gasteiger partial charge in [0.2, 0.25) is 5.91 Å². The topological polar surface area (TPSA) is 67.6 Å². The number of rotatable bonds is 4. The zero-order valence-corrected chi connectivity index (χ0v) is 9.82. The number of amides is 1. The smallest absolute Gasteiger partial charge is 0.239 e. The van der Waals surface area contributed by atoms with Crippen LogP contribution in [0.3, 0.4) is 0 Å². The van der Waals surface area contributed by atoms with Gasteiger partial charge in [0, 0.05) is 25.2 Å². The van der Waals surface area contributed by atoms with E-state index in [1.54, 1.807) is 0 Å². The lowest BCUT2D eigenvalue weighted by atomic mass is 10.2. The van der Waals surface area contributed by atoms with Gasteiger partial charge in [-0.2, -0.15) is 0 Å². The highest BCUT2D eigenvalue weighted by Crippen LogP contribution is 2.19. The molecule has 3 N–H and O–H groups in total. The zero-order chi connectivity index (χ0) is 11.5. The van der Waals surface area contributed by atoms with Crippen molar-refractivity contribution in [3.8, 4) is 0 Å². The second kappa shape index (κ2) is 5.12. The van der Waals surface area contributed by atoms with E-state index in [0.717, 1.165) is 25.9 Å². The first-order valence-electron chi connectivity index (χ1n) is 6.04. The number of nitrogens with one attached hydrogen (secondary N) is 1. The Morgan fingerprint density at radius 2 is 2.38 bits per heavy atom. The number of ether oxygens (including phenoxy) is 1. The lowest BCUT2D eigenvalue weighted by Crippen LogP contribution is -2.56. The van der Waals surface area contributed by atoms with E-state index in [0.29, 0.717) is 19.3 Å². The molecule has 92 valence electrons. The van der Waals surface area contributed by atoms with Gasteiger partial charge in [0.1, 0.15) is 6.04 Å². The van der Waals surface area contributed by atoms with Crippen molar-refractivity contribution < 1.29 is 9.53 Å². The fourth-order valence-corrected chi connectivity index (χ4v) is 1.99. The van der Waals surface area contributed by atoms with E-state index in [-0.39, 0.29) is 18.0 Å². The van der Waals surface area contributed by atoms with Crippen molar-refractivity contribution >= 4 is 5.91 Å². The maximum absolute atomic E-state index is 12.0. The van der Waals surface area contributed by atoms with Crippen LogP contribution in [0.5, 0.6) is 0 Å². The van der Waals surface area contributed by atoms with E-state index in [9.17, 15) is 4.79 Å². The third-order valence-corrected chi connectivity index (χ3v) is 2.99. The minimum Gasteiger partial charge on any atom is -0.378 e. The molecule has 1 heterocycles. The summed E-state index contributed by atoms with van der Waals surface area (Å²) in [5, 5.41) is 3.03. The SMILES string of the molecule is CC(N)CN1CCOCC1C(=O)NC1CC1. The Balaban J connectivity index is 1.89. The van der Waals surface area contributed by atoms with E-state index >= 15 is 0 Å². The van der Waals surface area contributed by atoms with Gasteiger partial charge in [0.15, 0.2) is 0 Å². The van der Waals surface area contributed by atoms with Crippen molar-refractivity contribution in [2.45, 2.75) is 37.9 Å². The van der Waals surface area contributed by atoms with Crippen LogP contribution in [0.4, 0.5) is 0 Å². The Morgan fingerprint density at radius 1 is 1.62 bits per heavy atom. The molecule has 0 radical (unpaired) electrons. The molecule has 2 fully saturated rings. The van der Waals surface area contributed by atoms with Crippen LogP contribution in [-0.2, 0) is 9.53 Å². The molecule has 5 nitrogen and oxygen atoms in total. The van der Waals surface area contributed by atoms with Gasteiger partial charge in [0.25, 0.3) is 0 Å². The molecule has 2 rings (SSSR count). The Kier molecular flexibility index (Phi) is 3.78. The summed E-state index contributed by atoms with van der Waals surface area (Å²) in [4.78, 5) is 14.1. The third kappa shape index (κ3) is 3.17. The number of carbonyl (C=O) groups excluding carboxylic acids is 1. The first-order valence-corrected chi connectivity index (χ1v) is 6.04. The summed E-state index contributed by atoms with van der Waals surface area (Å²) < 4.78 is 5.37. The lowest BCUT2D eigenvalue weighted by molar-refractivity contribution is -0.132. The van der Waals surface area contributed by atoms with Gasteiger partial charge in [-0.1, -0.05) is 0 Å². The minimum atomic E-state index is -0.152. The molecular formula is C11H21N3O2. The molecule has 2 aliphatic rings. The average molecular weight is 227 g/mol. The highest BCUT2D eigenvalue weighted by Gasteiger charge is 2.33. The van der Waals surface area contributed by atoms with Crippen LogP contribution in [0, 0.1) is 0 Å². The Bertz CT molecular complexity index is 254. The fourth-order valence-electron chi connectivity index (χ4n) is 1.99. The summed E-state index contributed by atoms with van der Waals surface area (Å²) >= 11 is 0. The molecule has 1 amide bonds. The Hall–Kier alpha value is -0.650. The normalized spacial score (nSPS) is 28.8. The Morgan fingerprint density at radius 3 is 3.00 bits per heavy atom. The first-order chi connectivity index (χ1) is 7.66.